The van der Waals surface area contributed by atoms with Crippen molar-refractivity contribution in [3.63, 3.8) is 0 Å². The van der Waals surface area contributed by atoms with Gasteiger partial charge in [0.25, 0.3) is 0 Å². The SMILES string of the molecule is CC1CC1.CC1NCC2c3ccc(OCc4ccccc4)cc3C23CCCCC13. The molecule has 0 bridgehead atoms. The maximum absolute atomic E-state index is 6.13. The van der Waals surface area contributed by atoms with E-state index in [9.17, 15) is 0 Å². The molecule has 1 heterocycles. The van der Waals surface area contributed by atoms with E-state index in [4.69, 9.17) is 4.74 Å². The van der Waals surface area contributed by atoms with E-state index in [1.54, 1.807) is 11.1 Å². The summed E-state index contributed by atoms with van der Waals surface area (Å²) in [6.45, 7) is 6.47. The third-order valence-electron chi connectivity index (χ3n) is 7.90. The Morgan fingerprint density at radius 2 is 1.79 bits per heavy atom. The first kappa shape index (κ1) is 19.2. The van der Waals surface area contributed by atoms with E-state index >= 15 is 0 Å². The van der Waals surface area contributed by atoms with Crippen LogP contribution in [0, 0.1) is 11.8 Å². The van der Waals surface area contributed by atoms with Crippen LogP contribution in [0.2, 0.25) is 0 Å². The molecule has 1 spiro atoms. The first-order valence-electron chi connectivity index (χ1n) is 11.7. The van der Waals surface area contributed by atoms with E-state index in [0.29, 0.717) is 24.0 Å². The number of hydrogen-bond donors (Lipinski definition) is 1. The van der Waals surface area contributed by atoms with Gasteiger partial charge in [-0.25, -0.2) is 0 Å². The minimum Gasteiger partial charge on any atom is -0.489 e. The Bertz CT molecular complexity index is 843. The number of benzene rings is 2. The minimum atomic E-state index is 0.421. The standard InChI is InChI=1S/C23H27NO.C4H8/c1-16-20-9-5-6-12-23(20)21-13-18(10-11-19(21)22(23)14-24-16)25-15-17-7-3-2-4-8-17;1-4-2-3-4/h2-4,7-8,10-11,13,16,20,22,24H,5-6,9,12,14-15H2,1H3;4H,2-3H2,1H3. The number of piperidine rings is 1. The Hall–Kier alpha value is -1.80. The Balaban J connectivity index is 0.000000408. The van der Waals surface area contributed by atoms with Crippen molar-refractivity contribution in [2.75, 3.05) is 6.54 Å². The molecule has 2 nitrogen and oxygen atoms in total. The van der Waals surface area contributed by atoms with Gasteiger partial charge in [-0.3, -0.25) is 0 Å². The number of hydrogen-bond acceptors (Lipinski definition) is 2. The molecule has 1 saturated heterocycles. The highest BCUT2D eigenvalue weighted by molar-refractivity contribution is 5.55. The summed E-state index contributed by atoms with van der Waals surface area (Å²) >= 11 is 0. The van der Waals surface area contributed by atoms with Gasteiger partial charge in [0.15, 0.2) is 0 Å². The average molecular weight is 390 g/mol. The molecular formula is C27H35NO. The van der Waals surface area contributed by atoms with Crippen molar-refractivity contribution in [1.82, 2.24) is 5.32 Å². The molecule has 2 heteroatoms. The Morgan fingerprint density at radius 3 is 2.55 bits per heavy atom. The van der Waals surface area contributed by atoms with Gasteiger partial charge in [0, 0.05) is 23.9 Å². The fourth-order valence-electron chi connectivity index (χ4n) is 6.05. The quantitative estimate of drug-likeness (QED) is 0.675. The van der Waals surface area contributed by atoms with Crippen LogP contribution in [-0.2, 0) is 12.0 Å². The number of rotatable bonds is 3. The summed E-state index contributed by atoms with van der Waals surface area (Å²) in [6.07, 6.45) is 8.49. The monoisotopic (exact) mass is 389 g/mol. The molecule has 6 rings (SSSR count). The molecule has 3 fully saturated rings. The van der Waals surface area contributed by atoms with Crippen molar-refractivity contribution in [2.24, 2.45) is 11.8 Å². The Labute approximate surface area is 176 Å². The highest BCUT2D eigenvalue weighted by Gasteiger charge is 2.59. The predicted molar refractivity (Wildman–Crippen MR) is 119 cm³/mol. The zero-order valence-electron chi connectivity index (χ0n) is 18.0. The lowest BCUT2D eigenvalue weighted by molar-refractivity contribution is 0.0511. The topological polar surface area (TPSA) is 21.3 Å². The van der Waals surface area contributed by atoms with Crippen molar-refractivity contribution in [3.8, 4) is 5.75 Å². The van der Waals surface area contributed by atoms with Crippen LogP contribution in [0.4, 0.5) is 0 Å². The van der Waals surface area contributed by atoms with Crippen LogP contribution in [-0.4, -0.2) is 12.6 Å². The van der Waals surface area contributed by atoms with E-state index in [0.717, 1.165) is 24.1 Å². The van der Waals surface area contributed by atoms with Crippen molar-refractivity contribution >= 4 is 0 Å². The fourth-order valence-corrected chi connectivity index (χ4v) is 6.05. The van der Waals surface area contributed by atoms with Crippen LogP contribution in [0.15, 0.2) is 48.5 Å². The van der Waals surface area contributed by atoms with Gasteiger partial charge in [-0.2, -0.15) is 0 Å². The average Bonchev–Trinajstić information content (AvgIpc) is 3.55. The summed E-state index contributed by atoms with van der Waals surface area (Å²) in [7, 11) is 0. The van der Waals surface area contributed by atoms with Crippen molar-refractivity contribution in [3.05, 3.63) is 65.2 Å². The molecule has 1 aliphatic heterocycles. The largest absolute Gasteiger partial charge is 0.489 e. The molecular weight excluding hydrogens is 354 g/mol. The van der Waals surface area contributed by atoms with Crippen LogP contribution in [0.3, 0.4) is 0 Å². The van der Waals surface area contributed by atoms with Gasteiger partial charge in [0.2, 0.25) is 0 Å². The summed E-state index contributed by atoms with van der Waals surface area (Å²) in [5, 5.41) is 3.78. The third-order valence-corrected chi connectivity index (χ3v) is 7.90. The lowest BCUT2D eigenvalue weighted by atomic mass is 9.44. The fraction of sp³-hybridized carbons (Fsp3) is 0.556. The van der Waals surface area contributed by atoms with E-state index in [1.165, 1.54) is 44.1 Å². The summed E-state index contributed by atoms with van der Waals surface area (Å²) in [6, 6.07) is 18.0. The first-order chi connectivity index (χ1) is 14.2. The third kappa shape index (κ3) is 3.50. The number of fused-ring (bicyclic) bond motifs is 2. The lowest BCUT2D eigenvalue weighted by Gasteiger charge is -2.62. The molecule has 4 aliphatic rings. The molecule has 2 saturated carbocycles. The van der Waals surface area contributed by atoms with Gasteiger partial charge in [-0.05, 0) is 60.4 Å². The molecule has 4 atom stereocenters. The van der Waals surface area contributed by atoms with Crippen molar-refractivity contribution in [1.29, 1.82) is 0 Å². The van der Waals surface area contributed by atoms with Crippen LogP contribution in [0.25, 0.3) is 0 Å². The molecule has 29 heavy (non-hydrogen) atoms. The smallest absolute Gasteiger partial charge is 0.120 e. The maximum Gasteiger partial charge on any atom is 0.120 e. The van der Waals surface area contributed by atoms with E-state index in [1.807, 2.05) is 0 Å². The van der Waals surface area contributed by atoms with Gasteiger partial charge in [0.05, 0.1) is 0 Å². The van der Waals surface area contributed by atoms with Crippen LogP contribution >= 0.6 is 0 Å². The van der Waals surface area contributed by atoms with Gasteiger partial charge >= 0.3 is 0 Å². The second-order valence-corrected chi connectivity index (χ2v) is 9.85. The summed E-state index contributed by atoms with van der Waals surface area (Å²) < 4.78 is 6.13. The molecule has 154 valence electrons. The minimum absolute atomic E-state index is 0.421. The van der Waals surface area contributed by atoms with Gasteiger partial charge in [-0.1, -0.05) is 69.0 Å². The predicted octanol–water partition coefficient (Wildman–Crippen LogP) is 6.20. The molecule has 4 unspecified atom stereocenters. The van der Waals surface area contributed by atoms with E-state index in [2.05, 4.69) is 67.7 Å². The lowest BCUT2D eigenvalue weighted by Crippen LogP contribution is -2.63. The van der Waals surface area contributed by atoms with Crippen molar-refractivity contribution in [2.45, 2.75) is 76.4 Å². The zero-order valence-corrected chi connectivity index (χ0v) is 18.0. The van der Waals surface area contributed by atoms with Crippen molar-refractivity contribution < 1.29 is 4.74 Å². The zero-order chi connectivity index (χ0) is 19.8. The molecule has 3 aliphatic carbocycles. The van der Waals surface area contributed by atoms with Crippen LogP contribution in [0.1, 0.15) is 75.0 Å². The number of nitrogens with one attached hydrogen (secondary N) is 1. The summed E-state index contributed by atoms with van der Waals surface area (Å²) in [5.74, 6) is 3.62. The van der Waals surface area contributed by atoms with Gasteiger partial charge < -0.3 is 10.1 Å². The van der Waals surface area contributed by atoms with Gasteiger partial charge in [0.1, 0.15) is 12.4 Å². The second kappa shape index (κ2) is 7.80. The summed E-state index contributed by atoms with van der Waals surface area (Å²) in [5.41, 5.74) is 4.82. The Kier molecular flexibility index (Phi) is 5.16. The Morgan fingerprint density at radius 1 is 1.00 bits per heavy atom. The highest BCUT2D eigenvalue weighted by atomic mass is 16.5. The molecule has 2 aromatic rings. The van der Waals surface area contributed by atoms with Crippen LogP contribution < -0.4 is 10.1 Å². The van der Waals surface area contributed by atoms with Gasteiger partial charge in [-0.15, -0.1) is 0 Å². The van der Waals surface area contributed by atoms with E-state index in [-0.39, 0.29) is 0 Å². The molecule has 0 radical (unpaired) electrons. The maximum atomic E-state index is 6.13. The highest BCUT2D eigenvalue weighted by Crippen LogP contribution is 2.63. The summed E-state index contributed by atoms with van der Waals surface area (Å²) in [4.78, 5) is 0. The molecule has 0 amide bonds. The van der Waals surface area contributed by atoms with Crippen LogP contribution in [0.5, 0.6) is 5.75 Å². The second-order valence-electron chi connectivity index (χ2n) is 9.85. The molecule has 0 aromatic heterocycles. The number of ether oxygens (including phenoxy) is 1. The molecule has 1 N–H and O–H groups in total. The van der Waals surface area contributed by atoms with E-state index < -0.39 is 0 Å². The first-order valence-corrected chi connectivity index (χ1v) is 11.7. The molecule has 2 aromatic carbocycles. The normalized spacial score (nSPS) is 31.9.